The molecule has 0 aliphatic carbocycles. The molecule has 128 valence electrons. The topological polar surface area (TPSA) is 106 Å². The minimum absolute atomic E-state index is 0.0767. The number of rotatable bonds is 3. The SMILES string of the molecule is CC(=O)NCc1cc(Br)c2oc(-c3ccc(N)cc3)c(O)c(=O)c2c1. The predicted octanol–water partition coefficient (Wildman–Crippen LogP) is 3.15. The summed E-state index contributed by atoms with van der Waals surface area (Å²) < 4.78 is 6.34. The fourth-order valence-corrected chi connectivity index (χ4v) is 3.05. The Morgan fingerprint density at radius 2 is 1.96 bits per heavy atom. The molecule has 3 rings (SSSR count). The first-order valence-electron chi connectivity index (χ1n) is 7.45. The van der Waals surface area contributed by atoms with E-state index in [9.17, 15) is 14.7 Å². The number of benzene rings is 2. The fraction of sp³-hybridized carbons (Fsp3) is 0.111. The molecule has 1 aromatic heterocycles. The summed E-state index contributed by atoms with van der Waals surface area (Å²) in [5.74, 6) is -0.571. The smallest absolute Gasteiger partial charge is 0.235 e. The predicted molar refractivity (Wildman–Crippen MR) is 99.2 cm³/mol. The van der Waals surface area contributed by atoms with Crippen LogP contribution in [-0.2, 0) is 11.3 Å². The van der Waals surface area contributed by atoms with Crippen molar-refractivity contribution in [2.75, 3.05) is 5.73 Å². The fourth-order valence-electron chi connectivity index (χ4n) is 2.46. The van der Waals surface area contributed by atoms with Crippen LogP contribution in [0.15, 0.2) is 50.1 Å². The third-order valence-electron chi connectivity index (χ3n) is 3.70. The van der Waals surface area contributed by atoms with Gasteiger partial charge in [-0.2, -0.15) is 0 Å². The lowest BCUT2D eigenvalue weighted by Crippen LogP contribution is -2.19. The van der Waals surface area contributed by atoms with Gasteiger partial charge in [0.05, 0.1) is 9.86 Å². The second kappa shape index (κ2) is 6.60. The van der Waals surface area contributed by atoms with Crippen molar-refractivity contribution in [2.24, 2.45) is 0 Å². The molecule has 6 nitrogen and oxygen atoms in total. The largest absolute Gasteiger partial charge is 0.502 e. The lowest BCUT2D eigenvalue weighted by Gasteiger charge is -2.10. The molecule has 0 aliphatic rings. The molecule has 0 radical (unpaired) electrons. The molecule has 0 saturated carbocycles. The van der Waals surface area contributed by atoms with E-state index in [-0.39, 0.29) is 23.6 Å². The summed E-state index contributed by atoms with van der Waals surface area (Å²) in [5, 5.41) is 13.2. The number of halogens is 1. The Hall–Kier alpha value is -2.80. The Balaban J connectivity index is 2.18. The van der Waals surface area contributed by atoms with Gasteiger partial charge < -0.3 is 20.6 Å². The molecular weight excluding hydrogens is 388 g/mol. The van der Waals surface area contributed by atoms with Gasteiger partial charge in [0.1, 0.15) is 0 Å². The molecule has 0 atom stereocenters. The van der Waals surface area contributed by atoms with Crippen molar-refractivity contribution in [1.29, 1.82) is 0 Å². The van der Waals surface area contributed by atoms with Crippen LogP contribution in [0.25, 0.3) is 22.3 Å². The quantitative estimate of drug-likeness (QED) is 0.583. The minimum Gasteiger partial charge on any atom is -0.502 e. The number of hydrogen-bond donors (Lipinski definition) is 3. The summed E-state index contributed by atoms with van der Waals surface area (Å²) in [4.78, 5) is 23.6. The molecule has 0 spiro atoms. The Morgan fingerprint density at radius 3 is 2.60 bits per heavy atom. The number of amides is 1. The Morgan fingerprint density at radius 1 is 1.28 bits per heavy atom. The van der Waals surface area contributed by atoms with Gasteiger partial charge in [0.15, 0.2) is 11.3 Å². The van der Waals surface area contributed by atoms with Crippen molar-refractivity contribution in [3.8, 4) is 17.1 Å². The number of carbonyl (C=O) groups excluding carboxylic acids is 1. The van der Waals surface area contributed by atoms with Crippen molar-refractivity contribution < 1.29 is 14.3 Å². The van der Waals surface area contributed by atoms with Crippen LogP contribution in [0.3, 0.4) is 0 Å². The number of aromatic hydroxyl groups is 1. The lowest BCUT2D eigenvalue weighted by molar-refractivity contribution is -0.119. The number of carbonyl (C=O) groups is 1. The van der Waals surface area contributed by atoms with E-state index in [0.29, 0.717) is 26.9 Å². The molecular formula is C18H15BrN2O4. The van der Waals surface area contributed by atoms with Crippen LogP contribution in [0, 0.1) is 0 Å². The molecule has 0 saturated heterocycles. The highest BCUT2D eigenvalue weighted by Crippen LogP contribution is 2.33. The zero-order valence-electron chi connectivity index (χ0n) is 13.3. The molecule has 0 bridgehead atoms. The number of fused-ring (bicyclic) bond motifs is 1. The van der Waals surface area contributed by atoms with Gasteiger partial charge in [0.2, 0.25) is 17.1 Å². The van der Waals surface area contributed by atoms with Crippen molar-refractivity contribution >= 4 is 38.5 Å². The summed E-state index contributed by atoms with van der Waals surface area (Å²) >= 11 is 3.38. The minimum atomic E-state index is -0.543. The molecule has 0 aliphatic heterocycles. The summed E-state index contributed by atoms with van der Waals surface area (Å²) in [6.45, 7) is 1.68. The lowest BCUT2D eigenvalue weighted by atomic mass is 10.1. The van der Waals surface area contributed by atoms with Gasteiger partial charge >= 0.3 is 0 Å². The molecule has 7 heteroatoms. The van der Waals surface area contributed by atoms with Gasteiger partial charge in [0.25, 0.3) is 0 Å². The highest BCUT2D eigenvalue weighted by atomic mass is 79.9. The van der Waals surface area contributed by atoms with Crippen molar-refractivity contribution in [1.82, 2.24) is 5.32 Å². The maximum absolute atomic E-state index is 12.6. The highest BCUT2D eigenvalue weighted by Gasteiger charge is 2.17. The summed E-state index contributed by atoms with van der Waals surface area (Å²) in [7, 11) is 0. The van der Waals surface area contributed by atoms with Crippen LogP contribution in [0.2, 0.25) is 0 Å². The van der Waals surface area contributed by atoms with Gasteiger partial charge in [-0.3, -0.25) is 9.59 Å². The average molecular weight is 403 g/mol. The van der Waals surface area contributed by atoms with Gasteiger partial charge in [-0.25, -0.2) is 0 Å². The first kappa shape index (κ1) is 17.0. The van der Waals surface area contributed by atoms with Crippen molar-refractivity contribution in [3.05, 3.63) is 56.7 Å². The number of nitrogen functional groups attached to an aromatic ring is 1. The molecule has 1 heterocycles. The van der Waals surface area contributed by atoms with Crippen LogP contribution in [0.5, 0.6) is 5.75 Å². The van der Waals surface area contributed by atoms with Crippen LogP contribution >= 0.6 is 15.9 Å². The third kappa shape index (κ3) is 3.36. The summed E-state index contributed by atoms with van der Waals surface area (Å²) in [5.41, 5.74) is 7.26. The maximum Gasteiger partial charge on any atom is 0.235 e. The zero-order chi connectivity index (χ0) is 18.1. The number of anilines is 1. The average Bonchev–Trinajstić information content (AvgIpc) is 2.57. The number of nitrogens with two attached hydrogens (primary N) is 1. The van der Waals surface area contributed by atoms with E-state index >= 15 is 0 Å². The van der Waals surface area contributed by atoms with E-state index < -0.39 is 11.2 Å². The second-order valence-corrected chi connectivity index (χ2v) is 6.45. The van der Waals surface area contributed by atoms with Gasteiger partial charge in [0, 0.05) is 24.7 Å². The molecule has 0 unspecified atom stereocenters. The highest BCUT2D eigenvalue weighted by molar-refractivity contribution is 9.10. The van der Waals surface area contributed by atoms with Crippen LogP contribution in [-0.4, -0.2) is 11.0 Å². The van der Waals surface area contributed by atoms with Crippen molar-refractivity contribution in [2.45, 2.75) is 13.5 Å². The van der Waals surface area contributed by atoms with Crippen LogP contribution in [0.4, 0.5) is 5.69 Å². The van der Waals surface area contributed by atoms with E-state index in [4.69, 9.17) is 10.2 Å². The molecule has 1 amide bonds. The van der Waals surface area contributed by atoms with E-state index in [1.54, 1.807) is 36.4 Å². The normalized spacial score (nSPS) is 10.8. The first-order chi connectivity index (χ1) is 11.9. The Labute approximate surface area is 151 Å². The van der Waals surface area contributed by atoms with E-state index in [1.807, 2.05) is 0 Å². The Kier molecular flexibility index (Phi) is 4.50. The summed E-state index contributed by atoms with van der Waals surface area (Å²) in [6, 6.07) is 9.99. The standard InChI is InChI=1S/C18H15BrN2O4/c1-9(22)21-8-10-6-13-15(23)16(24)17(25-18(13)14(19)7-10)11-2-4-12(20)5-3-11/h2-7,24H,8,20H2,1H3,(H,21,22). The van der Waals surface area contributed by atoms with E-state index in [0.717, 1.165) is 0 Å². The van der Waals surface area contributed by atoms with Gasteiger partial charge in [-0.1, -0.05) is 0 Å². The molecule has 25 heavy (non-hydrogen) atoms. The monoisotopic (exact) mass is 402 g/mol. The Bertz CT molecular complexity index is 1030. The van der Waals surface area contributed by atoms with Gasteiger partial charge in [-0.05, 0) is 57.9 Å². The van der Waals surface area contributed by atoms with Crippen LogP contribution in [0.1, 0.15) is 12.5 Å². The molecule has 0 fully saturated rings. The number of nitrogens with one attached hydrogen (secondary N) is 1. The van der Waals surface area contributed by atoms with E-state index in [1.165, 1.54) is 6.92 Å². The van der Waals surface area contributed by atoms with Gasteiger partial charge in [-0.15, -0.1) is 0 Å². The zero-order valence-corrected chi connectivity index (χ0v) is 14.9. The molecule has 2 aromatic carbocycles. The number of hydrogen-bond acceptors (Lipinski definition) is 5. The molecule has 3 aromatic rings. The summed E-state index contributed by atoms with van der Waals surface area (Å²) in [6.07, 6.45) is 0. The molecule has 4 N–H and O–H groups in total. The maximum atomic E-state index is 12.6. The van der Waals surface area contributed by atoms with Crippen molar-refractivity contribution in [3.63, 3.8) is 0 Å². The van der Waals surface area contributed by atoms with E-state index in [2.05, 4.69) is 21.2 Å². The van der Waals surface area contributed by atoms with Crippen LogP contribution < -0.4 is 16.5 Å². The first-order valence-corrected chi connectivity index (χ1v) is 8.24. The second-order valence-electron chi connectivity index (χ2n) is 5.59. The third-order valence-corrected chi connectivity index (χ3v) is 4.29.